The van der Waals surface area contributed by atoms with Gasteiger partial charge in [-0.1, -0.05) is 27.7 Å². The van der Waals surface area contributed by atoms with Crippen molar-refractivity contribution in [2.45, 2.75) is 78.8 Å². The smallest absolute Gasteiger partial charge is 0.248 e. The fourth-order valence-corrected chi connectivity index (χ4v) is 4.14. The number of carbonyl (C=O) groups excluding carboxylic acids is 3. The number of hydrazine groups is 1. The first-order valence-electron chi connectivity index (χ1n) is 11.4. The van der Waals surface area contributed by atoms with Gasteiger partial charge in [0.05, 0.1) is 0 Å². The number of carbonyl (C=O) groups is 3. The van der Waals surface area contributed by atoms with Crippen molar-refractivity contribution in [3.8, 4) is 0 Å². The fraction of sp³-hybridized carbons (Fsp3) is 0.696. The van der Waals surface area contributed by atoms with Crippen molar-refractivity contribution in [2.75, 3.05) is 13.1 Å². The van der Waals surface area contributed by atoms with Crippen molar-refractivity contribution >= 4 is 17.6 Å². The number of hydrogen-bond donors (Lipinski definition) is 4. The maximum atomic E-state index is 13.6. The highest BCUT2D eigenvalue weighted by Gasteiger charge is 2.43. The highest BCUT2D eigenvalue weighted by molar-refractivity contribution is 5.97. The first-order valence-corrected chi connectivity index (χ1v) is 11.4. The van der Waals surface area contributed by atoms with Gasteiger partial charge < -0.3 is 26.7 Å². The molecule has 2 fully saturated rings. The molecule has 0 spiro atoms. The van der Waals surface area contributed by atoms with E-state index in [0.717, 1.165) is 19.3 Å². The lowest BCUT2D eigenvalue weighted by Crippen LogP contribution is -2.58. The van der Waals surface area contributed by atoms with Gasteiger partial charge in [0.1, 0.15) is 12.1 Å². The van der Waals surface area contributed by atoms with Crippen molar-refractivity contribution < 1.29 is 14.4 Å². The molecule has 2 aliphatic rings. The minimum atomic E-state index is -0.670. The molecule has 0 aromatic carbocycles. The summed E-state index contributed by atoms with van der Waals surface area (Å²) in [4.78, 5) is 40.2. The summed E-state index contributed by atoms with van der Waals surface area (Å²) in [6.07, 6.45) is 5.33. The molecule has 1 heterocycles. The second-order valence-corrected chi connectivity index (χ2v) is 9.96. The molecule has 180 valence electrons. The highest BCUT2D eigenvalue weighted by atomic mass is 16.2. The highest BCUT2D eigenvalue weighted by Crippen LogP contribution is 2.35. The predicted molar refractivity (Wildman–Crippen MR) is 124 cm³/mol. The summed E-state index contributed by atoms with van der Waals surface area (Å²) in [7, 11) is 0. The zero-order valence-electron chi connectivity index (χ0n) is 20.1. The number of ketones is 1. The summed E-state index contributed by atoms with van der Waals surface area (Å²) >= 11 is 0. The van der Waals surface area contributed by atoms with E-state index in [2.05, 4.69) is 5.32 Å². The molecule has 2 rings (SSSR count). The van der Waals surface area contributed by atoms with E-state index in [0.29, 0.717) is 42.3 Å². The average molecular weight is 449 g/mol. The van der Waals surface area contributed by atoms with E-state index in [1.807, 2.05) is 20.8 Å². The van der Waals surface area contributed by atoms with Crippen molar-refractivity contribution in [3.05, 3.63) is 23.2 Å². The van der Waals surface area contributed by atoms with Crippen molar-refractivity contribution in [3.63, 3.8) is 0 Å². The standard InChI is InChI=1S/C23H40N6O3/c1-6-19(30)16(14(2)24)12-27-21(31)18-8-7-11-28(18)22(32)20(23(3,4)5)29(26)13-17(25)15-9-10-15/h13,15,18,20H,6-12,24-26H2,1-5H3,(H,27,31)/b16-14?,17-13-/t18-,20+/m0/s1. The van der Waals surface area contributed by atoms with E-state index < -0.39 is 17.5 Å². The van der Waals surface area contributed by atoms with E-state index in [1.165, 1.54) is 5.01 Å². The van der Waals surface area contributed by atoms with Crippen LogP contribution in [0.1, 0.15) is 66.7 Å². The number of rotatable bonds is 9. The molecule has 9 nitrogen and oxygen atoms in total. The molecular weight excluding hydrogens is 408 g/mol. The van der Waals surface area contributed by atoms with Crippen LogP contribution in [0.2, 0.25) is 0 Å². The molecule has 9 heteroatoms. The Morgan fingerprint density at radius 3 is 2.31 bits per heavy atom. The summed E-state index contributed by atoms with van der Waals surface area (Å²) in [5, 5.41) is 4.20. The van der Waals surface area contributed by atoms with Crippen LogP contribution in [-0.4, -0.2) is 52.7 Å². The Hall–Kier alpha value is -2.55. The van der Waals surface area contributed by atoms with E-state index in [4.69, 9.17) is 17.3 Å². The molecule has 0 unspecified atom stereocenters. The van der Waals surface area contributed by atoms with Gasteiger partial charge in [-0.3, -0.25) is 14.4 Å². The molecule has 1 aliphatic heterocycles. The summed E-state index contributed by atoms with van der Waals surface area (Å²) in [6, 6.07) is -1.28. The lowest BCUT2D eigenvalue weighted by atomic mass is 9.85. The van der Waals surface area contributed by atoms with Crippen LogP contribution in [0.3, 0.4) is 0 Å². The molecule has 1 saturated carbocycles. The van der Waals surface area contributed by atoms with Crippen molar-refractivity contribution in [1.29, 1.82) is 0 Å². The lowest BCUT2D eigenvalue weighted by molar-refractivity contribution is -0.145. The largest absolute Gasteiger partial charge is 0.402 e. The average Bonchev–Trinajstić information content (AvgIpc) is 3.42. The molecule has 1 saturated heterocycles. The molecule has 7 N–H and O–H groups in total. The Morgan fingerprint density at radius 2 is 1.81 bits per heavy atom. The molecule has 32 heavy (non-hydrogen) atoms. The number of likely N-dealkylation sites (tertiary alicyclic amines) is 1. The summed E-state index contributed by atoms with van der Waals surface area (Å²) in [6.45, 7) is 9.76. The van der Waals surface area contributed by atoms with Crippen LogP contribution in [0.15, 0.2) is 23.2 Å². The van der Waals surface area contributed by atoms with Gasteiger partial charge in [0, 0.05) is 48.6 Å². The third kappa shape index (κ3) is 6.25. The molecule has 2 atom stereocenters. The minimum absolute atomic E-state index is 0.0543. The van der Waals surface area contributed by atoms with E-state index in [9.17, 15) is 14.4 Å². The maximum absolute atomic E-state index is 13.6. The number of amides is 2. The van der Waals surface area contributed by atoms with Gasteiger partial charge in [0.25, 0.3) is 0 Å². The van der Waals surface area contributed by atoms with Crippen LogP contribution in [0, 0.1) is 11.3 Å². The van der Waals surface area contributed by atoms with Gasteiger partial charge in [0.15, 0.2) is 5.78 Å². The second kappa shape index (κ2) is 10.4. The van der Waals surface area contributed by atoms with Crippen LogP contribution < -0.4 is 22.6 Å². The van der Waals surface area contributed by atoms with E-state index >= 15 is 0 Å². The van der Waals surface area contributed by atoms with Gasteiger partial charge >= 0.3 is 0 Å². The molecular formula is C23H40N6O3. The Morgan fingerprint density at radius 1 is 1.19 bits per heavy atom. The Kier molecular flexibility index (Phi) is 8.34. The second-order valence-electron chi connectivity index (χ2n) is 9.96. The monoisotopic (exact) mass is 448 g/mol. The Bertz CT molecular complexity index is 790. The molecule has 0 radical (unpaired) electrons. The van der Waals surface area contributed by atoms with Crippen LogP contribution in [0.5, 0.6) is 0 Å². The maximum Gasteiger partial charge on any atom is 0.248 e. The quantitative estimate of drug-likeness (QED) is 0.234. The summed E-state index contributed by atoms with van der Waals surface area (Å²) in [5.41, 5.74) is 12.9. The van der Waals surface area contributed by atoms with Crippen molar-refractivity contribution in [1.82, 2.24) is 15.2 Å². The van der Waals surface area contributed by atoms with Crippen LogP contribution in [-0.2, 0) is 14.4 Å². The first-order chi connectivity index (χ1) is 14.9. The first kappa shape index (κ1) is 25.7. The number of hydrogen-bond acceptors (Lipinski definition) is 7. The van der Waals surface area contributed by atoms with Gasteiger partial charge in [-0.05, 0) is 38.0 Å². The molecule has 0 bridgehead atoms. The zero-order valence-corrected chi connectivity index (χ0v) is 20.1. The third-order valence-electron chi connectivity index (χ3n) is 6.11. The van der Waals surface area contributed by atoms with E-state index in [-0.39, 0.29) is 24.1 Å². The molecule has 1 aliphatic carbocycles. The zero-order chi connectivity index (χ0) is 24.2. The normalized spacial score (nSPS) is 21.1. The topological polar surface area (TPSA) is 148 Å². The number of nitrogens with one attached hydrogen (secondary N) is 1. The number of allylic oxidation sites excluding steroid dienone is 2. The van der Waals surface area contributed by atoms with E-state index in [1.54, 1.807) is 24.9 Å². The van der Waals surface area contributed by atoms with Crippen LogP contribution >= 0.6 is 0 Å². The third-order valence-corrected chi connectivity index (χ3v) is 6.11. The molecule has 2 amide bonds. The fourth-order valence-electron chi connectivity index (χ4n) is 4.14. The number of nitrogens with two attached hydrogens (primary N) is 3. The van der Waals surface area contributed by atoms with Crippen LogP contribution in [0.4, 0.5) is 0 Å². The summed E-state index contributed by atoms with van der Waals surface area (Å²) < 4.78 is 0. The van der Waals surface area contributed by atoms with Gasteiger partial charge in [-0.15, -0.1) is 0 Å². The Balaban J connectivity index is 2.16. The van der Waals surface area contributed by atoms with Crippen molar-refractivity contribution in [2.24, 2.45) is 28.6 Å². The Labute approximate surface area is 191 Å². The van der Waals surface area contributed by atoms with Crippen LogP contribution in [0.25, 0.3) is 0 Å². The predicted octanol–water partition coefficient (Wildman–Crippen LogP) is 1.11. The summed E-state index contributed by atoms with van der Waals surface area (Å²) in [5.74, 6) is 6.06. The number of nitrogens with zero attached hydrogens (tertiary/aromatic N) is 2. The number of Topliss-reactive ketones (excluding diaryl/α,β-unsaturated/α-hetero) is 1. The lowest BCUT2D eigenvalue weighted by Gasteiger charge is -2.39. The van der Waals surface area contributed by atoms with Gasteiger partial charge in [-0.25, -0.2) is 5.84 Å². The minimum Gasteiger partial charge on any atom is -0.402 e. The SMILES string of the molecule is CCC(=O)C(CNC(=O)[C@@H]1CCCN1C(=O)[C@@H](N(N)/C=C(\N)C1CC1)C(C)(C)C)=C(C)N. The molecule has 0 aromatic heterocycles. The van der Waals surface area contributed by atoms with Gasteiger partial charge in [-0.2, -0.15) is 0 Å². The molecule has 0 aromatic rings. The van der Waals surface area contributed by atoms with Gasteiger partial charge in [0.2, 0.25) is 11.8 Å².